The number of thioether (sulfide) groups is 2. The summed E-state index contributed by atoms with van der Waals surface area (Å²) in [7, 11) is 0. The van der Waals surface area contributed by atoms with E-state index in [1.165, 1.54) is 23.1 Å². The summed E-state index contributed by atoms with van der Waals surface area (Å²) in [6, 6.07) is 15.6. The van der Waals surface area contributed by atoms with Gasteiger partial charge < -0.3 is 0 Å². The highest BCUT2D eigenvalue weighted by Gasteiger charge is 2.09. The fraction of sp³-hybridized carbons (Fsp3) is 0.158. The number of hydrazone groups is 1. The van der Waals surface area contributed by atoms with E-state index in [0.29, 0.717) is 0 Å². The SMILES string of the molecule is Cc1ccccc1/C=N/NC(=O)CSc1nnc(SCc2ccccc2Cl)s1. The number of halogens is 1. The van der Waals surface area contributed by atoms with E-state index in [-0.39, 0.29) is 11.7 Å². The quantitative estimate of drug-likeness (QED) is 0.297. The van der Waals surface area contributed by atoms with Crippen molar-refractivity contribution in [1.82, 2.24) is 15.6 Å². The van der Waals surface area contributed by atoms with Gasteiger partial charge in [-0.1, -0.05) is 88.9 Å². The maximum atomic E-state index is 11.9. The van der Waals surface area contributed by atoms with E-state index in [1.807, 2.05) is 55.5 Å². The van der Waals surface area contributed by atoms with Crippen molar-refractivity contribution in [3.8, 4) is 0 Å². The molecule has 0 radical (unpaired) electrons. The molecule has 0 fully saturated rings. The lowest BCUT2D eigenvalue weighted by molar-refractivity contribution is -0.118. The topological polar surface area (TPSA) is 67.2 Å². The van der Waals surface area contributed by atoms with Crippen LogP contribution in [0.1, 0.15) is 16.7 Å². The summed E-state index contributed by atoms with van der Waals surface area (Å²) >= 11 is 10.6. The van der Waals surface area contributed by atoms with Crippen LogP contribution in [0.3, 0.4) is 0 Å². The van der Waals surface area contributed by atoms with Gasteiger partial charge in [0.05, 0.1) is 12.0 Å². The Labute approximate surface area is 181 Å². The maximum Gasteiger partial charge on any atom is 0.250 e. The standard InChI is InChI=1S/C19H17ClN4OS3/c1-13-6-2-3-7-14(13)10-21-22-17(25)12-27-19-24-23-18(28-19)26-11-15-8-4-5-9-16(15)20/h2-10H,11-12H2,1H3,(H,22,25)/b21-10+. The molecule has 3 rings (SSSR count). The third-order valence-corrected chi connectivity index (χ3v) is 7.21. The first-order valence-corrected chi connectivity index (χ1v) is 11.5. The molecule has 1 aromatic heterocycles. The van der Waals surface area contributed by atoms with Gasteiger partial charge in [-0.15, -0.1) is 10.2 Å². The minimum atomic E-state index is -0.185. The van der Waals surface area contributed by atoms with Gasteiger partial charge in [-0.2, -0.15) is 5.10 Å². The minimum absolute atomic E-state index is 0.185. The van der Waals surface area contributed by atoms with Crippen molar-refractivity contribution >= 4 is 58.6 Å². The van der Waals surface area contributed by atoms with Crippen molar-refractivity contribution in [2.24, 2.45) is 5.10 Å². The summed E-state index contributed by atoms with van der Waals surface area (Å²) in [4.78, 5) is 11.9. The van der Waals surface area contributed by atoms with Crippen LogP contribution in [0.2, 0.25) is 5.02 Å². The largest absolute Gasteiger partial charge is 0.272 e. The number of carbonyl (C=O) groups is 1. The highest BCUT2D eigenvalue weighted by Crippen LogP contribution is 2.32. The van der Waals surface area contributed by atoms with Gasteiger partial charge in [0.25, 0.3) is 5.91 Å². The predicted molar refractivity (Wildman–Crippen MR) is 119 cm³/mol. The Kier molecular flexibility index (Phi) is 7.90. The van der Waals surface area contributed by atoms with Gasteiger partial charge in [0.2, 0.25) is 0 Å². The summed E-state index contributed by atoms with van der Waals surface area (Å²) in [6.07, 6.45) is 1.65. The Hall–Kier alpha value is -1.87. The molecule has 28 heavy (non-hydrogen) atoms. The first kappa shape index (κ1) is 20.9. The number of rotatable bonds is 8. The monoisotopic (exact) mass is 448 g/mol. The van der Waals surface area contributed by atoms with Gasteiger partial charge in [0.1, 0.15) is 0 Å². The van der Waals surface area contributed by atoms with Crippen molar-refractivity contribution in [1.29, 1.82) is 0 Å². The smallest absolute Gasteiger partial charge is 0.250 e. The fourth-order valence-corrected chi connectivity index (χ4v) is 5.23. The number of nitrogens with one attached hydrogen (secondary N) is 1. The van der Waals surface area contributed by atoms with Crippen LogP contribution >= 0.6 is 46.5 Å². The van der Waals surface area contributed by atoms with Crippen LogP contribution in [0, 0.1) is 6.92 Å². The molecule has 0 spiro atoms. The molecule has 144 valence electrons. The van der Waals surface area contributed by atoms with E-state index in [9.17, 15) is 4.79 Å². The first-order valence-electron chi connectivity index (χ1n) is 8.32. The molecule has 0 aliphatic carbocycles. The van der Waals surface area contributed by atoms with E-state index in [4.69, 9.17) is 11.6 Å². The number of carbonyl (C=O) groups excluding carboxylic acids is 1. The molecule has 1 heterocycles. The lowest BCUT2D eigenvalue weighted by Gasteiger charge is -2.00. The van der Waals surface area contributed by atoms with Crippen LogP contribution in [0.4, 0.5) is 0 Å². The molecular weight excluding hydrogens is 432 g/mol. The summed E-state index contributed by atoms with van der Waals surface area (Å²) in [5.74, 6) is 0.775. The third-order valence-electron chi connectivity index (χ3n) is 3.60. The average molecular weight is 449 g/mol. The zero-order valence-corrected chi connectivity index (χ0v) is 18.2. The highest BCUT2D eigenvalue weighted by molar-refractivity contribution is 8.03. The molecule has 2 aromatic carbocycles. The number of aromatic nitrogens is 2. The highest BCUT2D eigenvalue weighted by atomic mass is 35.5. The van der Waals surface area contributed by atoms with Gasteiger partial charge in [0, 0.05) is 10.8 Å². The van der Waals surface area contributed by atoms with E-state index in [1.54, 1.807) is 18.0 Å². The Morgan fingerprint density at radius 1 is 1.14 bits per heavy atom. The molecule has 0 unspecified atom stereocenters. The average Bonchev–Trinajstić information content (AvgIpc) is 3.15. The Morgan fingerprint density at radius 2 is 1.86 bits per heavy atom. The zero-order chi connectivity index (χ0) is 19.8. The molecule has 0 saturated heterocycles. The van der Waals surface area contributed by atoms with Crippen molar-refractivity contribution in [2.45, 2.75) is 21.4 Å². The van der Waals surface area contributed by atoms with E-state index >= 15 is 0 Å². The van der Waals surface area contributed by atoms with E-state index in [0.717, 1.165) is 36.1 Å². The summed E-state index contributed by atoms with van der Waals surface area (Å²) in [6.45, 7) is 2.00. The maximum absolute atomic E-state index is 11.9. The molecular formula is C19H17ClN4OS3. The predicted octanol–water partition coefficient (Wildman–Crippen LogP) is 5.03. The zero-order valence-electron chi connectivity index (χ0n) is 15.0. The molecule has 0 bridgehead atoms. The normalized spacial score (nSPS) is 11.1. The fourth-order valence-electron chi connectivity index (χ4n) is 2.13. The van der Waals surface area contributed by atoms with Gasteiger partial charge in [-0.3, -0.25) is 4.79 Å². The molecule has 3 aromatic rings. The van der Waals surface area contributed by atoms with Crippen molar-refractivity contribution < 1.29 is 4.79 Å². The van der Waals surface area contributed by atoms with Gasteiger partial charge >= 0.3 is 0 Å². The molecule has 1 N–H and O–H groups in total. The summed E-state index contributed by atoms with van der Waals surface area (Å²) < 4.78 is 1.60. The van der Waals surface area contributed by atoms with Crippen LogP contribution in [-0.2, 0) is 10.5 Å². The van der Waals surface area contributed by atoms with Crippen LogP contribution in [0.25, 0.3) is 0 Å². The lowest BCUT2D eigenvalue weighted by atomic mass is 10.1. The van der Waals surface area contributed by atoms with Gasteiger partial charge in [-0.25, -0.2) is 5.43 Å². The molecule has 9 heteroatoms. The first-order chi connectivity index (χ1) is 13.6. The van der Waals surface area contributed by atoms with Crippen LogP contribution in [-0.4, -0.2) is 28.1 Å². The van der Waals surface area contributed by atoms with Crippen LogP contribution in [0.15, 0.2) is 62.3 Å². The third kappa shape index (κ3) is 6.34. The second-order valence-corrected chi connectivity index (χ2v) is 9.48. The second kappa shape index (κ2) is 10.6. The summed E-state index contributed by atoms with van der Waals surface area (Å²) in [5, 5.41) is 13.0. The lowest BCUT2D eigenvalue weighted by Crippen LogP contribution is -2.19. The number of benzene rings is 2. The molecule has 0 aliphatic heterocycles. The second-order valence-electron chi connectivity index (χ2n) is 5.65. The van der Waals surface area contributed by atoms with Gasteiger partial charge in [0.15, 0.2) is 8.68 Å². The van der Waals surface area contributed by atoms with Gasteiger partial charge in [-0.05, 0) is 29.7 Å². The minimum Gasteiger partial charge on any atom is -0.272 e. The number of aryl methyl sites for hydroxylation is 1. The van der Waals surface area contributed by atoms with Crippen molar-refractivity contribution in [2.75, 3.05) is 5.75 Å². The number of nitrogens with zero attached hydrogens (tertiary/aromatic N) is 3. The molecule has 0 atom stereocenters. The van der Waals surface area contributed by atoms with Crippen molar-refractivity contribution in [3.05, 3.63) is 70.2 Å². The van der Waals surface area contributed by atoms with E-state index < -0.39 is 0 Å². The Morgan fingerprint density at radius 3 is 2.64 bits per heavy atom. The van der Waals surface area contributed by atoms with Crippen LogP contribution in [0.5, 0.6) is 0 Å². The molecule has 0 aliphatic rings. The van der Waals surface area contributed by atoms with Crippen molar-refractivity contribution in [3.63, 3.8) is 0 Å². The number of amides is 1. The number of hydrogen-bond acceptors (Lipinski definition) is 7. The number of hydrogen-bond donors (Lipinski definition) is 1. The molecule has 5 nitrogen and oxygen atoms in total. The van der Waals surface area contributed by atoms with E-state index in [2.05, 4.69) is 20.7 Å². The molecule has 0 saturated carbocycles. The summed E-state index contributed by atoms with van der Waals surface area (Å²) in [5.41, 5.74) is 5.67. The van der Waals surface area contributed by atoms with Crippen LogP contribution < -0.4 is 5.43 Å². The Balaban J connectivity index is 1.43. The Bertz CT molecular complexity index is 977. The molecule has 1 amide bonds.